The second kappa shape index (κ2) is 6.66. The molecule has 2 aromatic heterocycles. The highest BCUT2D eigenvalue weighted by atomic mass is 35.5. The minimum Gasteiger partial charge on any atom is -0.322 e. The molecule has 0 bridgehead atoms. The number of benzene rings is 1. The largest absolute Gasteiger partial charge is 0.322 e. The Morgan fingerprint density at radius 3 is 2.91 bits per heavy atom. The first-order valence-corrected chi connectivity index (χ1v) is 10.5. The van der Waals surface area contributed by atoms with Gasteiger partial charge in [0, 0.05) is 29.9 Å². The third kappa shape index (κ3) is 2.67. The van der Waals surface area contributed by atoms with Crippen LogP contribution >= 0.6 is 11.6 Å². The van der Waals surface area contributed by atoms with Gasteiger partial charge in [0.05, 0.1) is 22.4 Å². The van der Waals surface area contributed by atoms with Crippen molar-refractivity contribution in [2.24, 2.45) is 0 Å². The monoisotopic (exact) mass is 455 g/mol. The van der Waals surface area contributed by atoms with Gasteiger partial charge in [0.15, 0.2) is 0 Å². The van der Waals surface area contributed by atoms with Gasteiger partial charge in [0.1, 0.15) is 11.4 Å². The van der Waals surface area contributed by atoms with Crippen molar-refractivity contribution < 1.29 is 13.6 Å². The highest BCUT2D eigenvalue weighted by Gasteiger charge is 2.69. The lowest BCUT2D eigenvalue weighted by Crippen LogP contribution is -2.81. The van der Waals surface area contributed by atoms with Gasteiger partial charge in [0.25, 0.3) is 5.56 Å². The van der Waals surface area contributed by atoms with E-state index in [1.54, 1.807) is 6.07 Å². The number of aromatic nitrogens is 3. The third-order valence-electron chi connectivity index (χ3n) is 6.78. The Balaban J connectivity index is 1.25. The molecule has 2 N–H and O–H groups in total. The number of pyridine rings is 1. The fourth-order valence-corrected chi connectivity index (χ4v) is 5.68. The maximum absolute atomic E-state index is 14.8. The van der Waals surface area contributed by atoms with Crippen LogP contribution in [0.1, 0.15) is 30.1 Å². The molecule has 6 rings (SSSR count). The topological polar surface area (TPSA) is 91.0 Å². The predicted octanol–water partition coefficient (Wildman–Crippen LogP) is 3.22. The second-order valence-corrected chi connectivity index (χ2v) is 8.90. The van der Waals surface area contributed by atoms with Crippen LogP contribution in [0, 0.1) is 11.8 Å². The Bertz CT molecular complexity index is 1360. The number of halogens is 3. The average molecular weight is 456 g/mol. The smallest absolute Gasteiger partial charge is 0.264 e. The van der Waals surface area contributed by atoms with Crippen molar-refractivity contribution in [1.29, 1.82) is 0 Å². The van der Waals surface area contributed by atoms with Crippen LogP contribution in [-0.4, -0.2) is 37.6 Å². The van der Waals surface area contributed by atoms with Crippen molar-refractivity contribution >= 4 is 23.2 Å². The Kier molecular flexibility index (Phi) is 4.06. The fourth-order valence-electron chi connectivity index (χ4n) is 5.41. The molecular weight excluding hydrogens is 440 g/mol. The number of carbonyl (C=O) groups excluding carboxylic acids is 1. The number of rotatable bonds is 3. The SMILES string of the molecule is O=C(Nc1cc(Cl)c(-c2ccnc(F)c2)cc1F)C12CC3Cc4cc(=O)[nH]nc4[C@@H](C1)N32. The molecule has 1 amide bonds. The van der Waals surface area contributed by atoms with Crippen LogP contribution in [0.15, 0.2) is 41.3 Å². The summed E-state index contributed by atoms with van der Waals surface area (Å²) in [6.45, 7) is 0. The van der Waals surface area contributed by atoms with Crippen molar-refractivity contribution in [2.45, 2.75) is 36.9 Å². The molecule has 1 aromatic carbocycles. The van der Waals surface area contributed by atoms with E-state index in [4.69, 9.17) is 11.6 Å². The number of piperidine rings is 1. The summed E-state index contributed by atoms with van der Waals surface area (Å²) in [6, 6.07) is 6.91. The molecule has 2 fully saturated rings. The maximum atomic E-state index is 14.8. The molecule has 32 heavy (non-hydrogen) atoms. The summed E-state index contributed by atoms with van der Waals surface area (Å²) >= 11 is 6.31. The summed E-state index contributed by atoms with van der Waals surface area (Å²) in [4.78, 5) is 30.3. The standard InChI is InChI=1S/C22H16ClF2N5O2/c23-14-7-16(15(24)6-13(14)10-1-2-26-18(25)4-10)27-21(32)22-8-12-3-11-5-19(31)28-29-20(11)17(9-22)30(12)22/h1-2,4-7,12,17H,3,8-9H2,(H,27,32)(H,28,31)/t12?,17-,22?/m1/s1. The molecule has 2 unspecified atom stereocenters. The van der Waals surface area contributed by atoms with E-state index in [1.165, 1.54) is 24.4 Å². The first kappa shape index (κ1) is 19.5. The number of carbonyl (C=O) groups is 1. The van der Waals surface area contributed by atoms with Gasteiger partial charge >= 0.3 is 0 Å². The van der Waals surface area contributed by atoms with Gasteiger partial charge in [0.2, 0.25) is 11.9 Å². The molecular formula is C22H16ClF2N5O2. The average Bonchev–Trinajstić information content (AvgIpc) is 2.72. The van der Waals surface area contributed by atoms with E-state index < -0.39 is 17.3 Å². The predicted molar refractivity (Wildman–Crippen MR) is 112 cm³/mol. The Morgan fingerprint density at radius 1 is 1.25 bits per heavy atom. The number of hydrogen-bond donors (Lipinski definition) is 2. The zero-order chi connectivity index (χ0) is 22.2. The fraction of sp³-hybridized carbons (Fsp3) is 0.273. The number of fused-ring (bicyclic) bond motifs is 2. The van der Waals surface area contributed by atoms with Gasteiger partial charge in [-0.2, -0.15) is 9.49 Å². The molecule has 0 spiro atoms. The lowest BCUT2D eigenvalue weighted by molar-refractivity contribution is -0.207. The summed E-state index contributed by atoms with van der Waals surface area (Å²) in [6.07, 6.45) is 3.11. The molecule has 3 aliphatic rings. The van der Waals surface area contributed by atoms with E-state index >= 15 is 0 Å². The number of aromatic amines is 1. The van der Waals surface area contributed by atoms with E-state index in [9.17, 15) is 18.4 Å². The van der Waals surface area contributed by atoms with Crippen molar-refractivity contribution in [3.8, 4) is 11.1 Å². The number of nitrogens with one attached hydrogen (secondary N) is 2. The maximum Gasteiger partial charge on any atom is 0.264 e. The van der Waals surface area contributed by atoms with Gasteiger partial charge in [-0.05, 0) is 48.6 Å². The zero-order valence-electron chi connectivity index (χ0n) is 16.5. The number of H-pyrrole nitrogens is 1. The number of hydrogen-bond acceptors (Lipinski definition) is 5. The normalized spacial score (nSPS) is 25.2. The molecule has 10 heteroatoms. The third-order valence-corrected chi connectivity index (χ3v) is 7.10. The van der Waals surface area contributed by atoms with Crippen LogP contribution in [-0.2, 0) is 11.2 Å². The minimum absolute atomic E-state index is 0.0283. The first-order valence-electron chi connectivity index (χ1n) is 10.1. The van der Waals surface area contributed by atoms with Crippen molar-refractivity contribution in [2.75, 3.05) is 5.32 Å². The van der Waals surface area contributed by atoms with Gasteiger partial charge in [-0.3, -0.25) is 14.5 Å². The molecule has 3 aromatic rings. The molecule has 3 atom stereocenters. The lowest BCUT2D eigenvalue weighted by Gasteiger charge is -2.70. The van der Waals surface area contributed by atoms with Gasteiger partial charge in [-0.25, -0.2) is 14.5 Å². The molecule has 5 heterocycles. The van der Waals surface area contributed by atoms with Crippen LogP contribution < -0.4 is 10.9 Å². The first-order chi connectivity index (χ1) is 15.4. The highest BCUT2D eigenvalue weighted by molar-refractivity contribution is 6.33. The minimum atomic E-state index is -0.712. The molecule has 0 saturated carbocycles. The van der Waals surface area contributed by atoms with E-state index in [-0.39, 0.29) is 34.3 Å². The van der Waals surface area contributed by atoms with E-state index in [1.807, 2.05) is 0 Å². The number of anilines is 1. The lowest BCUT2D eigenvalue weighted by atomic mass is 9.59. The summed E-state index contributed by atoms with van der Waals surface area (Å²) in [5.41, 5.74) is 1.45. The Hall–Kier alpha value is -3.17. The van der Waals surface area contributed by atoms with E-state index in [2.05, 4.69) is 25.4 Å². The number of nitrogens with zero attached hydrogens (tertiary/aromatic N) is 3. The van der Waals surface area contributed by atoms with Crippen molar-refractivity contribution in [1.82, 2.24) is 20.1 Å². The molecule has 3 aliphatic heterocycles. The summed E-state index contributed by atoms with van der Waals surface area (Å²) < 4.78 is 28.3. The molecule has 2 saturated heterocycles. The van der Waals surface area contributed by atoms with Crippen molar-refractivity contribution in [3.63, 3.8) is 0 Å². The van der Waals surface area contributed by atoms with Crippen LogP contribution in [0.25, 0.3) is 11.1 Å². The molecule has 0 aliphatic carbocycles. The quantitative estimate of drug-likeness (QED) is 0.592. The van der Waals surface area contributed by atoms with Gasteiger partial charge < -0.3 is 5.32 Å². The number of amides is 1. The second-order valence-electron chi connectivity index (χ2n) is 8.50. The van der Waals surface area contributed by atoms with Gasteiger partial charge in [-0.1, -0.05) is 11.6 Å². The molecule has 162 valence electrons. The molecule has 0 radical (unpaired) electrons. The summed E-state index contributed by atoms with van der Waals surface area (Å²) in [5.74, 6) is -1.66. The van der Waals surface area contributed by atoms with Crippen LogP contribution in [0.2, 0.25) is 5.02 Å². The molecule has 7 nitrogen and oxygen atoms in total. The summed E-state index contributed by atoms with van der Waals surface area (Å²) in [5, 5.41) is 9.51. The van der Waals surface area contributed by atoms with E-state index in [0.717, 1.165) is 17.3 Å². The van der Waals surface area contributed by atoms with E-state index in [0.29, 0.717) is 30.4 Å². The van der Waals surface area contributed by atoms with Gasteiger partial charge in [-0.15, -0.1) is 0 Å². The van der Waals surface area contributed by atoms with Crippen molar-refractivity contribution in [3.05, 3.63) is 74.9 Å². The Morgan fingerprint density at radius 2 is 2.09 bits per heavy atom. The zero-order valence-corrected chi connectivity index (χ0v) is 17.3. The van der Waals surface area contributed by atoms with Crippen LogP contribution in [0.5, 0.6) is 0 Å². The van der Waals surface area contributed by atoms with Crippen LogP contribution in [0.3, 0.4) is 0 Å². The highest BCUT2D eigenvalue weighted by Crippen LogP contribution is 2.61. The summed E-state index contributed by atoms with van der Waals surface area (Å²) in [7, 11) is 0. The van der Waals surface area contributed by atoms with Crippen LogP contribution in [0.4, 0.5) is 14.5 Å². The Labute approximate surface area is 185 Å².